The van der Waals surface area contributed by atoms with Gasteiger partial charge in [0.25, 0.3) is 0 Å². The lowest BCUT2D eigenvalue weighted by atomic mass is 9.91. The molecular formula is C21H32N4O3. The summed E-state index contributed by atoms with van der Waals surface area (Å²) in [6.45, 7) is 11.7. The summed E-state index contributed by atoms with van der Waals surface area (Å²) in [5, 5.41) is 0. The fraction of sp³-hybridized carbons (Fsp3) is 0.667. The van der Waals surface area contributed by atoms with Gasteiger partial charge >= 0.3 is 12.1 Å². The summed E-state index contributed by atoms with van der Waals surface area (Å²) < 4.78 is 5.46. The van der Waals surface area contributed by atoms with Crippen molar-refractivity contribution in [2.75, 3.05) is 31.6 Å². The van der Waals surface area contributed by atoms with E-state index in [9.17, 15) is 9.59 Å². The molecule has 0 radical (unpaired) electrons. The van der Waals surface area contributed by atoms with Crippen LogP contribution in [0.25, 0.3) is 0 Å². The smallest absolute Gasteiger partial charge is 0.410 e. The minimum absolute atomic E-state index is 0.0261. The SMILES string of the molecule is CN(C(=O)OC(C)(C)C)C1CCN(C(=O)N2CC(C)(C)c3ncccc32)CC1. The fourth-order valence-electron chi connectivity index (χ4n) is 3.96. The van der Waals surface area contributed by atoms with E-state index in [0.29, 0.717) is 19.6 Å². The number of fused-ring (bicyclic) bond motifs is 1. The molecule has 3 heterocycles. The minimum atomic E-state index is -0.508. The van der Waals surface area contributed by atoms with Crippen molar-refractivity contribution in [3.63, 3.8) is 0 Å². The summed E-state index contributed by atoms with van der Waals surface area (Å²) >= 11 is 0. The van der Waals surface area contributed by atoms with Crippen LogP contribution in [-0.2, 0) is 10.2 Å². The maximum Gasteiger partial charge on any atom is 0.410 e. The number of rotatable bonds is 1. The van der Waals surface area contributed by atoms with Crippen molar-refractivity contribution < 1.29 is 14.3 Å². The molecular weight excluding hydrogens is 356 g/mol. The van der Waals surface area contributed by atoms with Gasteiger partial charge in [0.15, 0.2) is 0 Å². The van der Waals surface area contributed by atoms with E-state index in [1.807, 2.05) is 42.7 Å². The van der Waals surface area contributed by atoms with Gasteiger partial charge < -0.3 is 14.5 Å². The summed E-state index contributed by atoms with van der Waals surface area (Å²) in [5.41, 5.74) is 1.22. The maximum absolute atomic E-state index is 13.2. The summed E-state index contributed by atoms with van der Waals surface area (Å²) in [7, 11) is 1.78. The Kier molecular flexibility index (Phi) is 5.30. The van der Waals surface area contributed by atoms with Crippen LogP contribution in [0.5, 0.6) is 0 Å². The number of hydrogen-bond donors (Lipinski definition) is 0. The van der Waals surface area contributed by atoms with Gasteiger partial charge in [-0.15, -0.1) is 0 Å². The van der Waals surface area contributed by atoms with Gasteiger partial charge in [-0.3, -0.25) is 9.88 Å². The second-order valence-electron chi connectivity index (χ2n) is 9.43. The quantitative estimate of drug-likeness (QED) is 0.737. The molecule has 0 atom stereocenters. The third-order valence-electron chi connectivity index (χ3n) is 5.47. The van der Waals surface area contributed by atoms with Crippen LogP contribution in [0.1, 0.15) is 53.2 Å². The van der Waals surface area contributed by atoms with Gasteiger partial charge in [-0.2, -0.15) is 0 Å². The van der Waals surface area contributed by atoms with Crippen molar-refractivity contribution in [2.45, 2.75) is 64.5 Å². The standard InChI is InChI=1S/C21H32N4O3/c1-20(2,3)28-19(27)23(6)15-9-12-24(13-10-15)18(26)25-14-21(4,5)17-16(25)8-7-11-22-17/h7-8,11,15H,9-10,12-14H2,1-6H3. The van der Waals surface area contributed by atoms with Gasteiger partial charge in [-0.1, -0.05) is 13.8 Å². The molecule has 1 aromatic heterocycles. The molecule has 1 aromatic rings. The van der Waals surface area contributed by atoms with Crippen LogP contribution in [-0.4, -0.2) is 65.2 Å². The number of carbonyl (C=O) groups excluding carboxylic acids is 2. The second-order valence-corrected chi connectivity index (χ2v) is 9.43. The average Bonchev–Trinajstić information content (AvgIpc) is 2.91. The summed E-state index contributed by atoms with van der Waals surface area (Å²) in [6.07, 6.45) is 2.97. The monoisotopic (exact) mass is 388 g/mol. The van der Waals surface area contributed by atoms with Crippen molar-refractivity contribution in [2.24, 2.45) is 0 Å². The number of hydrogen-bond acceptors (Lipinski definition) is 4. The zero-order valence-electron chi connectivity index (χ0n) is 17.9. The van der Waals surface area contributed by atoms with Crippen LogP contribution in [0.4, 0.5) is 15.3 Å². The molecule has 28 heavy (non-hydrogen) atoms. The van der Waals surface area contributed by atoms with Gasteiger partial charge in [0, 0.05) is 44.3 Å². The first kappa shape index (κ1) is 20.4. The summed E-state index contributed by atoms with van der Waals surface area (Å²) in [6, 6.07) is 3.96. The molecule has 2 aliphatic heterocycles. The molecule has 3 amide bonds. The number of nitrogens with zero attached hydrogens (tertiary/aromatic N) is 4. The van der Waals surface area contributed by atoms with E-state index in [2.05, 4.69) is 18.8 Å². The van der Waals surface area contributed by atoms with Crippen molar-refractivity contribution in [3.05, 3.63) is 24.0 Å². The Balaban J connectivity index is 1.61. The highest BCUT2D eigenvalue weighted by Crippen LogP contribution is 2.39. The molecule has 0 unspecified atom stereocenters. The largest absolute Gasteiger partial charge is 0.444 e. The Morgan fingerprint density at radius 1 is 1.25 bits per heavy atom. The lowest BCUT2D eigenvalue weighted by Gasteiger charge is -2.38. The molecule has 0 aromatic carbocycles. The van der Waals surface area contributed by atoms with Crippen LogP contribution < -0.4 is 4.90 Å². The van der Waals surface area contributed by atoms with Gasteiger partial charge in [0.2, 0.25) is 0 Å². The zero-order valence-corrected chi connectivity index (χ0v) is 17.9. The Bertz CT molecular complexity index is 748. The summed E-state index contributed by atoms with van der Waals surface area (Å²) in [5.74, 6) is 0. The van der Waals surface area contributed by atoms with E-state index >= 15 is 0 Å². The average molecular weight is 389 g/mol. The van der Waals surface area contributed by atoms with Crippen molar-refractivity contribution in [1.82, 2.24) is 14.8 Å². The van der Waals surface area contributed by atoms with Crippen LogP contribution in [0.15, 0.2) is 18.3 Å². The van der Waals surface area contributed by atoms with Crippen LogP contribution in [0.2, 0.25) is 0 Å². The Morgan fingerprint density at radius 3 is 2.50 bits per heavy atom. The number of amides is 3. The highest BCUT2D eigenvalue weighted by molar-refractivity contribution is 5.94. The van der Waals surface area contributed by atoms with Gasteiger partial charge in [0.1, 0.15) is 5.60 Å². The normalized spacial score (nSPS) is 19.4. The minimum Gasteiger partial charge on any atom is -0.444 e. The highest BCUT2D eigenvalue weighted by Gasteiger charge is 2.41. The number of ether oxygens (including phenoxy) is 1. The Morgan fingerprint density at radius 2 is 1.89 bits per heavy atom. The third-order valence-corrected chi connectivity index (χ3v) is 5.47. The highest BCUT2D eigenvalue weighted by atomic mass is 16.6. The molecule has 7 nitrogen and oxygen atoms in total. The molecule has 0 aliphatic carbocycles. The number of pyridine rings is 1. The number of likely N-dealkylation sites (tertiary alicyclic amines) is 1. The number of anilines is 1. The second kappa shape index (κ2) is 7.26. The topological polar surface area (TPSA) is 66.0 Å². The molecule has 1 fully saturated rings. The lowest BCUT2D eigenvalue weighted by molar-refractivity contribution is 0.0169. The van der Waals surface area contributed by atoms with Crippen LogP contribution >= 0.6 is 0 Å². The fourth-order valence-corrected chi connectivity index (χ4v) is 3.96. The van der Waals surface area contributed by atoms with E-state index in [0.717, 1.165) is 24.2 Å². The number of piperidine rings is 1. The molecule has 0 spiro atoms. The Hall–Kier alpha value is -2.31. The van der Waals surface area contributed by atoms with Gasteiger partial charge in [-0.25, -0.2) is 9.59 Å². The predicted molar refractivity (Wildman–Crippen MR) is 109 cm³/mol. The summed E-state index contributed by atoms with van der Waals surface area (Å²) in [4.78, 5) is 35.4. The molecule has 0 saturated carbocycles. The maximum atomic E-state index is 13.2. The zero-order chi connectivity index (χ0) is 20.7. The number of aromatic nitrogens is 1. The molecule has 2 aliphatic rings. The first-order valence-corrected chi connectivity index (χ1v) is 9.97. The van der Waals surface area contributed by atoms with Crippen molar-refractivity contribution >= 4 is 17.8 Å². The molecule has 1 saturated heterocycles. The number of urea groups is 1. The molecule has 0 bridgehead atoms. The number of carbonyl (C=O) groups is 2. The van der Waals surface area contributed by atoms with E-state index in [1.54, 1.807) is 18.1 Å². The van der Waals surface area contributed by atoms with Crippen LogP contribution in [0, 0.1) is 0 Å². The van der Waals surface area contributed by atoms with E-state index < -0.39 is 5.60 Å². The first-order valence-electron chi connectivity index (χ1n) is 9.97. The molecule has 3 rings (SSSR count). The van der Waals surface area contributed by atoms with E-state index in [1.165, 1.54) is 0 Å². The first-order chi connectivity index (χ1) is 13.0. The van der Waals surface area contributed by atoms with Crippen molar-refractivity contribution in [1.29, 1.82) is 0 Å². The van der Waals surface area contributed by atoms with Crippen molar-refractivity contribution in [3.8, 4) is 0 Å². The lowest BCUT2D eigenvalue weighted by Crippen LogP contribution is -2.51. The Labute approximate surface area is 167 Å². The van der Waals surface area contributed by atoms with E-state index in [-0.39, 0.29) is 23.6 Å². The molecule has 154 valence electrons. The van der Waals surface area contributed by atoms with Crippen LogP contribution in [0.3, 0.4) is 0 Å². The van der Waals surface area contributed by atoms with Gasteiger partial charge in [-0.05, 0) is 45.7 Å². The third kappa shape index (κ3) is 4.08. The van der Waals surface area contributed by atoms with E-state index in [4.69, 9.17) is 4.74 Å². The molecule has 0 N–H and O–H groups in total. The molecule has 7 heteroatoms. The van der Waals surface area contributed by atoms with Gasteiger partial charge in [0.05, 0.1) is 11.4 Å². The predicted octanol–water partition coefficient (Wildman–Crippen LogP) is 3.63.